The molecule has 0 heterocycles. The molecular formula is C12H13NO2. The van der Waals surface area contributed by atoms with E-state index in [0.717, 1.165) is 0 Å². The highest BCUT2D eigenvalue weighted by atomic mass is 16.4. The Labute approximate surface area is 89.0 Å². The molecule has 0 saturated carbocycles. The topological polar surface area (TPSA) is 61.1 Å². The van der Waals surface area contributed by atoms with Crippen molar-refractivity contribution in [1.29, 1.82) is 5.26 Å². The van der Waals surface area contributed by atoms with Gasteiger partial charge in [0.1, 0.15) is 0 Å². The summed E-state index contributed by atoms with van der Waals surface area (Å²) >= 11 is 0. The van der Waals surface area contributed by atoms with Gasteiger partial charge in [-0.15, -0.1) is 0 Å². The van der Waals surface area contributed by atoms with Crippen molar-refractivity contribution in [2.45, 2.75) is 25.7 Å². The van der Waals surface area contributed by atoms with Crippen LogP contribution in [0.5, 0.6) is 0 Å². The Morgan fingerprint density at radius 2 is 2.27 bits per heavy atom. The molecule has 1 aromatic rings. The van der Waals surface area contributed by atoms with E-state index in [2.05, 4.69) is 0 Å². The van der Waals surface area contributed by atoms with Gasteiger partial charge < -0.3 is 5.11 Å². The third-order valence-corrected chi connectivity index (χ3v) is 2.81. The van der Waals surface area contributed by atoms with Gasteiger partial charge >= 0.3 is 5.97 Å². The third-order valence-electron chi connectivity index (χ3n) is 2.81. The first kappa shape index (κ1) is 11.3. The largest absolute Gasteiger partial charge is 0.481 e. The Balaban J connectivity index is 3.25. The summed E-state index contributed by atoms with van der Waals surface area (Å²) in [5.41, 5.74) is 0.261. The molecule has 1 unspecified atom stereocenters. The minimum Gasteiger partial charge on any atom is -0.481 e. The van der Waals surface area contributed by atoms with Crippen LogP contribution in [0.1, 0.15) is 31.4 Å². The highest BCUT2D eigenvalue weighted by Gasteiger charge is 2.33. The molecule has 1 N–H and O–H groups in total. The Kier molecular flexibility index (Phi) is 3.11. The van der Waals surface area contributed by atoms with Gasteiger partial charge in [-0.05, 0) is 31.0 Å². The van der Waals surface area contributed by atoms with Gasteiger partial charge in [0.25, 0.3) is 0 Å². The number of nitrogens with zero attached hydrogens (tertiary/aromatic N) is 1. The maximum atomic E-state index is 11.2. The molecule has 0 fully saturated rings. The highest BCUT2D eigenvalue weighted by Crippen LogP contribution is 2.28. The zero-order chi connectivity index (χ0) is 11.5. The van der Waals surface area contributed by atoms with E-state index in [4.69, 9.17) is 10.4 Å². The van der Waals surface area contributed by atoms with Gasteiger partial charge in [-0.2, -0.15) is 5.26 Å². The fourth-order valence-electron chi connectivity index (χ4n) is 1.41. The van der Waals surface area contributed by atoms with Crippen molar-refractivity contribution < 1.29 is 9.90 Å². The van der Waals surface area contributed by atoms with E-state index < -0.39 is 11.4 Å². The lowest BCUT2D eigenvalue weighted by molar-refractivity contribution is -0.143. The van der Waals surface area contributed by atoms with E-state index in [1.54, 1.807) is 31.2 Å². The monoisotopic (exact) mass is 203 g/mol. The molecule has 0 radical (unpaired) electrons. The molecule has 3 nitrogen and oxygen atoms in total. The number of carbonyl (C=O) groups is 1. The second kappa shape index (κ2) is 4.14. The summed E-state index contributed by atoms with van der Waals surface area (Å²) in [4.78, 5) is 11.2. The van der Waals surface area contributed by atoms with E-state index in [9.17, 15) is 4.79 Å². The van der Waals surface area contributed by atoms with Crippen molar-refractivity contribution in [2.24, 2.45) is 0 Å². The normalized spacial score (nSPS) is 13.9. The fraction of sp³-hybridized carbons (Fsp3) is 0.333. The number of carboxylic acids is 1. The fourth-order valence-corrected chi connectivity index (χ4v) is 1.41. The highest BCUT2D eigenvalue weighted by molar-refractivity contribution is 5.80. The Morgan fingerprint density at radius 3 is 2.73 bits per heavy atom. The standard InChI is InChI=1S/C12H13NO2/c1-3-12(2,11(14)15)10-6-4-5-9(7-10)8-13/h4-7H,3H2,1-2H3,(H,14,15). The number of carboxylic acid groups (broad SMARTS) is 1. The summed E-state index contributed by atoms with van der Waals surface area (Å²) in [6.45, 7) is 3.50. The van der Waals surface area contributed by atoms with E-state index in [-0.39, 0.29) is 0 Å². The lowest BCUT2D eigenvalue weighted by Gasteiger charge is -2.23. The Hall–Kier alpha value is -1.82. The second-order valence-electron chi connectivity index (χ2n) is 3.68. The minimum atomic E-state index is -0.910. The smallest absolute Gasteiger partial charge is 0.313 e. The van der Waals surface area contributed by atoms with Crippen molar-refractivity contribution in [3.05, 3.63) is 35.4 Å². The Morgan fingerprint density at radius 1 is 1.60 bits per heavy atom. The minimum absolute atomic E-state index is 0.494. The molecule has 0 aliphatic heterocycles. The summed E-state index contributed by atoms with van der Waals surface area (Å²) in [6, 6.07) is 8.78. The second-order valence-corrected chi connectivity index (χ2v) is 3.68. The number of aliphatic carboxylic acids is 1. The van der Waals surface area contributed by atoms with Crippen molar-refractivity contribution in [3.63, 3.8) is 0 Å². The molecule has 0 bridgehead atoms. The van der Waals surface area contributed by atoms with E-state index in [1.807, 2.05) is 13.0 Å². The molecule has 15 heavy (non-hydrogen) atoms. The summed E-state index contributed by atoms with van der Waals surface area (Å²) in [5.74, 6) is -0.861. The van der Waals surface area contributed by atoms with E-state index >= 15 is 0 Å². The zero-order valence-electron chi connectivity index (χ0n) is 8.82. The molecule has 1 atom stereocenters. The van der Waals surface area contributed by atoms with Crippen LogP contribution < -0.4 is 0 Å². The molecule has 0 saturated heterocycles. The van der Waals surface area contributed by atoms with Crippen LogP contribution in [0.2, 0.25) is 0 Å². The SMILES string of the molecule is CCC(C)(C(=O)O)c1cccc(C#N)c1. The Bertz CT molecular complexity index is 420. The van der Waals surface area contributed by atoms with Gasteiger partial charge in [-0.25, -0.2) is 0 Å². The van der Waals surface area contributed by atoms with E-state index in [0.29, 0.717) is 17.5 Å². The quantitative estimate of drug-likeness (QED) is 0.819. The number of hydrogen-bond donors (Lipinski definition) is 1. The zero-order valence-corrected chi connectivity index (χ0v) is 8.82. The first-order valence-corrected chi connectivity index (χ1v) is 4.78. The van der Waals surface area contributed by atoms with Crippen LogP contribution in [-0.4, -0.2) is 11.1 Å². The first-order valence-electron chi connectivity index (χ1n) is 4.78. The van der Waals surface area contributed by atoms with Gasteiger partial charge in [0.15, 0.2) is 0 Å². The van der Waals surface area contributed by atoms with Crippen molar-refractivity contribution in [1.82, 2.24) is 0 Å². The molecule has 78 valence electrons. The van der Waals surface area contributed by atoms with Crippen LogP contribution in [0.3, 0.4) is 0 Å². The molecule has 0 aliphatic rings. The van der Waals surface area contributed by atoms with Crippen molar-refractivity contribution in [3.8, 4) is 6.07 Å². The summed E-state index contributed by atoms with van der Waals surface area (Å²) in [7, 11) is 0. The molecular weight excluding hydrogens is 190 g/mol. The van der Waals surface area contributed by atoms with Crippen LogP contribution in [0.15, 0.2) is 24.3 Å². The van der Waals surface area contributed by atoms with Gasteiger partial charge in [0.2, 0.25) is 0 Å². The average molecular weight is 203 g/mol. The molecule has 1 rings (SSSR count). The molecule has 3 heteroatoms. The number of hydrogen-bond acceptors (Lipinski definition) is 2. The maximum absolute atomic E-state index is 11.2. The maximum Gasteiger partial charge on any atom is 0.313 e. The summed E-state index contributed by atoms with van der Waals surface area (Å²) in [5, 5.41) is 17.9. The molecule has 0 spiro atoms. The van der Waals surface area contributed by atoms with Crippen LogP contribution >= 0.6 is 0 Å². The molecule has 0 aliphatic carbocycles. The molecule has 1 aromatic carbocycles. The molecule has 0 aromatic heterocycles. The number of nitriles is 1. The summed E-state index contributed by atoms with van der Waals surface area (Å²) < 4.78 is 0. The average Bonchev–Trinajstić information content (AvgIpc) is 2.27. The van der Waals surface area contributed by atoms with Gasteiger partial charge in [0.05, 0.1) is 17.0 Å². The van der Waals surface area contributed by atoms with Crippen molar-refractivity contribution >= 4 is 5.97 Å². The first-order chi connectivity index (χ1) is 7.04. The predicted octanol–water partition coefficient (Wildman–Crippen LogP) is 2.31. The van der Waals surface area contributed by atoms with Gasteiger partial charge in [-0.1, -0.05) is 19.1 Å². The third kappa shape index (κ3) is 1.99. The van der Waals surface area contributed by atoms with E-state index in [1.165, 1.54) is 0 Å². The van der Waals surface area contributed by atoms with Crippen LogP contribution in [0.25, 0.3) is 0 Å². The lowest BCUT2D eigenvalue weighted by Crippen LogP contribution is -2.31. The number of rotatable bonds is 3. The summed E-state index contributed by atoms with van der Waals surface area (Å²) in [6.07, 6.45) is 0.497. The number of benzene rings is 1. The van der Waals surface area contributed by atoms with Gasteiger partial charge in [0, 0.05) is 0 Å². The molecule has 0 amide bonds. The van der Waals surface area contributed by atoms with Crippen LogP contribution in [-0.2, 0) is 10.2 Å². The van der Waals surface area contributed by atoms with Gasteiger partial charge in [-0.3, -0.25) is 4.79 Å². The van der Waals surface area contributed by atoms with Crippen LogP contribution in [0, 0.1) is 11.3 Å². The lowest BCUT2D eigenvalue weighted by atomic mass is 9.80. The van der Waals surface area contributed by atoms with Crippen LogP contribution in [0.4, 0.5) is 0 Å². The predicted molar refractivity (Wildman–Crippen MR) is 56.4 cm³/mol. The van der Waals surface area contributed by atoms with Crippen molar-refractivity contribution in [2.75, 3.05) is 0 Å².